The van der Waals surface area contributed by atoms with Crippen LogP contribution < -0.4 is 9.62 Å². The minimum absolute atomic E-state index is 0.0491. The summed E-state index contributed by atoms with van der Waals surface area (Å²) in [7, 11) is -3.35. The average Bonchev–Trinajstić information content (AvgIpc) is 3.20. The number of anilines is 1. The molecule has 0 aliphatic carbocycles. The van der Waals surface area contributed by atoms with Crippen LogP contribution in [0.4, 0.5) is 5.69 Å². The van der Waals surface area contributed by atoms with Crippen molar-refractivity contribution in [2.24, 2.45) is 0 Å². The molecule has 1 aliphatic heterocycles. The van der Waals surface area contributed by atoms with Crippen molar-refractivity contribution in [3.63, 3.8) is 0 Å². The lowest BCUT2D eigenvalue weighted by Crippen LogP contribution is -2.47. The van der Waals surface area contributed by atoms with Gasteiger partial charge in [0.05, 0.1) is 23.1 Å². The number of hydrogen-bond donors (Lipinski definition) is 1. The summed E-state index contributed by atoms with van der Waals surface area (Å²) in [4.78, 5) is 9.15. The van der Waals surface area contributed by atoms with Crippen LogP contribution in [0.1, 0.15) is 13.3 Å². The fourth-order valence-electron chi connectivity index (χ4n) is 4.08. The molecule has 7 nitrogen and oxygen atoms in total. The molecular formula is C23H31N5O2S. The van der Waals surface area contributed by atoms with E-state index in [9.17, 15) is 8.42 Å². The highest BCUT2D eigenvalue weighted by Gasteiger charge is 2.19. The molecule has 0 bridgehead atoms. The van der Waals surface area contributed by atoms with Crippen molar-refractivity contribution in [2.75, 3.05) is 43.4 Å². The van der Waals surface area contributed by atoms with Crippen molar-refractivity contribution in [1.82, 2.24) is 19.2 Å². The van der Waals surface area contributed by atoms with E-state index >= 15 is 0 Å². The van der Waals surface area contributed by atoms with Crippen molar-refractivity contribution in [3.8, 4) is 0 Å². The summed E-state index contributed by atoms with van der Waals surface area (Å²) < 4.78 is 29.9. The molecule has 8 heteroatoms. The van der Waals surface area contributed by atoms with Gasteiger partial charge in [0.25, 0.3) is 0 Å². The molecule has 0 amide bonds. The first kappa shape index (κ1) is 21.8. The second-order valence-electron chi connectivity index (χ2n) is 8.22. The number of hydrogen-bond acceptors (Lipinski definition) is 5. The first-order valence-corrected chi connectivity index (χ1v) is 12.6. The highest BCUT2D eigenvalue weighted by molar-refractivity contribution is 7.89. The van der Waals surface area contributed by atoms with Crippen LogP contribution >= 0.6 is 0 Å². The summed E-state index contributed by atoms with van der Waals surface area (Å²) in [6, 6.07) is 18.2. The molecule has 31 heavy (non-hydrogen) atoms. The Hall–Kier alpha value is -2.42. The van der Waals surface area contributed by atoms with Gasteiger partial charge in [0.15, 0.2) is 0 Å². The molecular weight excluding hydrogens is 410 g/mol. The Kier molecular flexibility index (Phi) is 6.89. The number of sulfonamides is 1. The van der Waals surface area contributed by atoms with Crippen LogP contribution in [-0.2, 0) is 16.6 Å². The van der Waals surface area contributed by atoms with Crippen molar-refractivity contribution in [2.45, 2.75) is 25.9 Å². The van der Waals surface area contributed by atoms with Crippen molar-refractivity contribution >= 4 is 26.7 Å². The van der Waals surface area contributed by atoms with Crippen LogP contribution in [0.2, 0.25) is 0 Å². The van der Waals surface area contributed by atoms with Gasteiger partial charge >= 0.3 is 0 Å². The lowest BCUT2D eigenvalue weighted by Gasteiger charge is -2.36. The number of aryl methyl sites for hydroxylation is 1. The molecule has 1 unspecified atom stereocenters. The molecule has 2 aromatic carbocycles. The number of nitrogens with zero attached hydrogens (tertiary/aromatic N) is 4. The molecule has 3 aromatic rings. The molecule has 1 saturated heterocycles. The van der Waals surface area contributed by atoms with Gasteiger partial charge in [-0.2, -0.15) is 0 Å². The lowest BCUT2D eigenvalue weighted by atomic mass is 10.2. The predicted octanol–water partition coefficient (Wildman–Crippen LogP) is 2.56. The van der Waals surface area contributed by atoms with Crippen molar-refractivity contribution < 1.29 is 8.42 Å². The lowest BCUT2D eigenvalue weighted by molar-refractivity contribution is 0.248. The molecule has 1 atom stereocenters. The van der Waals surface area contributed by atoms with Gasteiger partial charge in [-0.3, -0.25) is 4.90 Å². The van der Waals surface area contributed by atoms with E-state index in [0.717, 1.165) is 50.2 Å². The fourth-order valence-corrected chi connectivity index (χ4v) is 5.36. The van der Waals surface area contributed by atoms with E-state index in [1.54, 1.807) is 6.33 Å². The Balaban J connectivity index is 1.20. The monoisotopic (exact) mass is 441 g/mol. The quantitative estimate of drug-likeness (QED) is 0.553. The largest absolute Gasteiger partial charge is 0.369 e. The topological polar surface area (TPSA) is 70.5 Å². The van der Waals surface area contributed by atoms with Crippen LogP contribution in [-0.4, -0.2) is 67.4 Å². The molecule has 0 radical (unpaired) electrons. The zero-order valence-electron chi connectivity index (χ0n) is 18.0. The maximum absolute atomic E-state index is 12.6. The first-order chi connectivity index (χ1) is 15.0. The van der Waals surface area contributed by atoms with Crippen LogP contribution in [0.15, 0.2) is 60.9 Å². The third kappa shape index (κ3) is 5.84. The third-order valence-corrected chi connectivity index (χ3v) is 7.36. The number of piperazine rings is 1. The molecule has 1 aliphatic rings. The van der Waals surface area contributed by atoms with Gasteiger partial charge in [-0.25, -0.2) is 18.1 Å². The molecule has 0 saturated carbocycles. The highest BCUT2D eigenvalue weighted by atomic mass is 32.2. The van der Waals surface area contributed by atoms with E-state index in [4.69, 9.17) is 0 Å². The molecule has 166 valence electrons. The van der Waals surface area contributed by atoms with Crippen LogP contribution in [0.25, 0.3) is 11.0 Å². The van der Waals surface area contributed by atoms with Gasteiger partial charge < -0.3 is 9.47 Å². The number of aromatic nitrogens is 2. The zero-order valence-corrected chi connectivity index (χ0v) is 18.8. The third-order valence-electron chi connectivity index (χ3n) is 5.88. The van der Waals surface area contributed by atoms with Gasteiger partial charge in [0.1, 0.15) is 0 Å². The summed E-state index contributed by atoms with van der Waals surface area (Å²) >= 11 is 0. The van der Waals surface area contributed by atoms with E-state index in [2.05, 4.69) is 43.8 Å². The summed E-state index contributed by atoms with van der Waals surface area (Å²) in [6.07, 6.45) is 2.51. The van der Waals surface area contributed by atoms with Crippen LogP contribution in [0.5, 0.6) is 0 Å². The molecule has 4 rings (SSSR count). The number of benzene rings is 2. The van der Waals surface area contributed by atoms with Crippen LogP contribution in [0.3, 0.4) is 0 Å². The summed E-state index contributed by atoms with van der Waals surface area (Å²) in [5.74, 6) is 0.0491. The number of rotatable bonds is 9. The molecule has 2 heterocycles. The highest BCUT2D eigenvalue weighted by Crippen LogP contribution is 2.16. The van der Waals surface area contributed by atoms with Gasteiger partial charge in [-0.15, -0.1) is 0 Å². The Morgan fingerprint density at radius 2 is 1.68 bits per heavy atom. The Bertz CT molecular complexity index is 1080. The van der Waals surface area contributed by atoms with E-state index in [1.165, 1.54) is 5.69 Å². The maximum atomic E-state index is 12.6. The summed E-state index contributed by atoms with van der Waals surface area (Å²) in [5.41, 5.74) is 3.11. The smallest absolute Gasteiger partial charge is 0.213 e. The van der Waals surface area contributed by atoms with Gasteiger partial charge in [-0.1, -0.05) is 30.3 Å². The Labute approximate surface area is 184 Å². The first-order valence-electron chi connectivity index (χ1n) is 10.9. The Morgan fingerprint density at radius 1 is 0.968 bits per heavy atom. The number of nitrogens with one attached hydrogen (secondary N) is 1. The van der Waals surface area contributed by atoms with Crippen molar-refractivity contribution in [3.05, 3.63) is 60.9 Å². The maximum Gasteiger partial charge on any atom is 0.213 e. The fraction of sp³-hybridized carbons (Fsp3) is 0.435. The standard InChI is InChI=1S/C23H31N5O2S/c1-20(11-12-26-13-15-27(16-14-26)21-7-3-2-4-8-21)25-31(29,30)18-17-28-19-24-22-9-5-6-10-23(22)28/h2-10,19-20,25H,11-18H2,1H3. The summed E-state index contributed by atoms with van der Waals surface area (Å²) in [5, 5.41) is 0. The second-order valence-corrected chi connectivity index (χ2v) is 10.1. The number of fused-ring (bicyclic) bond motifs is 1. The average molecular weight is 442 g/mol. The molecule has 1 fully saturated rings. The normalized spacial score (nSPS) is 16.6. The van der Waals surface area contributed by atoms with E-state index in [1.807, 2.05) is 41.8 Å². The predicted molar refractivity (Wildman–Crippen MR) is 126 cm³/mol. The summed E-state index contributed by atoms with van der Waals surface area (Å²) in [6.45, 7) is 7.25. The van der Waals surface area contributed by atoms with E-state index < -0.39 is 10.0 Å². The van der Waals surface area contributed by atoms with Gasteiger partial charge in [0, 0.05) is 44.5 Å². The van der Waals surface area contributed by atoms with Crippen LogP contribution in [0, 0.1) is 0 Å². The van der Waals surface area contributed by atoms with Crippen molar-refractivity contribution in [1.29, 1.82) is 0 Å². The SMILES string of the molecule is CC(CCN1CCN(c2ccccc2)CC1)NS(=O)(=O)CCn1cnc2ccccc21. The number of imidazole rings is 1. The second kappa shape index (κ2) is 9.80. The molecule has 0 spiro atoms. The van der Waals surface area contributed by atoms with E-state index in [-0.39, 0.29) is 11.8 Å². The zero-order chi connectivity index (χ0) is 21.7. The molecule has 1 N–H and O–H groups in total. The minimum atomic E-state index is -3.35. The number of para-hydroxylation sites is 3. The Morgan fingerprint density at radius 3 is 2.45 bits per heavy atom. The van der Waals surface area contributed by atoms with E-state index in [0.29, 0.717) is 6.54 Å². The van der Waals surface area contributed by atoms with Gasteiger partial charge in [-0.05, 0) is 44.2 Å². The minimum Gasteiger partial charge on any atom is -0.369 e. The molecule has 1 aromatic heterocycles. The van der Waals surface area contributed by atoms with Gasteiger partial charge in [0.2, 0.25) is 10.0 Å².